The van der Waals surface area contributed by atoms with Gasteiger partial charge in [0.1, 0.15) is 6.33 Å². The highest BCUT2D eigenvalue weighted by molar-refractivity contribution is 5.63. The number of hydrogen-bond acceptors (Lipinski definition) is 6. The molecule has 21 heavy (non-hydrogen) atoms. The van der Waals surface area contributed by atoms with Crippen LogP contribution in [0.1, 0.15) is 33.1 Å². The third-order valence-corrected chi connectivity index (χ3v) is 3.88. The molecule has 0 radical (unpaired) electrons. The lowest BCUT2D eigenvalue weighted by Gasteiger charge is -2.24. The first-order valence-electron chi connectivity index (χ1n) is 7.87. The highest BCUT2D eigenvalue weighted by atomic mass is 16.5. The lowest BCUT2D eigenvalue weighted by molar-refractivity contribution is 0.269. The van der Waals surface area contributed by atoms with E-state index in [4.69, 9.17) is 4.74 Å². The van der Waals surface area contributed by atoms with Gasteiger partial charge in [-0.3, -0.25) is 4.90 Å². The van der Waals surface area contributed by atoms with Crippen molar-refractivity contribution in [3.63, 3.8) is 0 Å². The molecule has 1 aromatic rings. The summed E-state index contributed by atoms with van der Waals surface area (Å²) in [6.45, 7) is 8.51. The van der Waals surface area contributed by atoms with Crippen molar-refractivity contribution in [3.8, 4) is 5.75 Å². The molecule has 0 amide bonds. The Morgan fingerprint density at radius 3 is 2.52 bits per heavy atom. The highest BCUT2D eigenvalue weighted by Gasteiger charge is 2.19. The van der Waals surface area contributed by atoms with E-state index in [0.29, 0.717) is 11.8 Å². The standard InChI is InChI=1S/C15H27N5O/c1-4-7-16-14-13(21-3)15(19-11-18-14)17-10-12(2)20-8-5-6-9-20/h11-12H,4-10H2,1-3H3,(H2,16,17,18,19). The summed E-state index contributed by atoms with van der Waals surface area (Å²) >= 11 is 0. The average molecular weight is 293 g/mol. The molecule has 6 heteroatoms. The molecule has 1 saturated heterocycles. The first-order valence-corrected chi connectivity index (χ1v) is 7.87. The molecule has 0 bridgehead atoms. The molecule has 2 N–H and O–H groups in total. The Kier molecular flexibility index (Phi) is 6.04. The molecule has 1 fully saturated rings. The normalized spacial score (nSPS) is 16.7. The molecule has 0 aromatic carbocycles. The fourth-order valence-electron chi connectivity index (χ4n) is 2.62. The number of rotatable bonds is 8. The second kappa shape index (κ2) is 8.02. The lowest BCUT2D eigenvalue weighted by atomic mass is 10.3. The Labute approximate surface area is 127 Å². The highest BCUT2D eigenvalue weighted by Crippen LogP contribution is 2.28. The van der Waals surface area contributed by atoms with Crippen LogP contribution in [0.15, 0.2) is 6.33 Å². The second-order valence-electron chi connectivity index (χ2n) is 5.50. The molecule has 0 spiro atoms. The Balaban J connectivity index is 1.98. The van der Waals surface area contributed by atoms with Gasteiger partial charge in [-0.05, 0) is 39.3 Å². The van der Waals surface area contributed by atoms with Crippen LogP contribution in [0.25, 0.3) is 0 Å². The Bertz CT molecular complexity index is 434. The zero-order chi connectivity index (χ0) is 15.1. The van der Waals surface area contributed by atoms with Gasteiger partial charge in [-0.25, -0.2) is 9.97 Å². The van der Waals surface area contributed by atoms with Crippen LogP contribution in [-0.4, -0.2) is 54.2 Å². The number of ether oxygens (including phenoxy) is 1. The molecular weight excluding hydrogens is 266 g/mol. The first-order chi connectivity index (χ1) is 10.3. The van der Waals surface area contributed by atoms with Crippen molar-refractivity contribution in [2.24, 2.45) is 0 Å². The van der Waals surface area contributed by atoms with Crippen LogP contribution in [-0.2, 0) is 0 Å². The maximum absolute atomic E-state index is 5.47. The molecule has 0 aliphatic carbocycles. The number of nitrogens with one attached hydrogen (secondary N) is 2. The van der Waals surface area contributed by atoms with Crippen LogP contribution in [0.5, 0.6) is 5.75 Å². The van der Waals surface area contributed by atoms with Crippen LogP contribution in [0.4, 0.5) is 11.6 Å². The van der Waals surface area contributed by atoms with E-state index < -0.39 is 0 Å². The quantitative estimate of drug-likeness (QED) is 0.766. The predicted molar refractivity (Wildman–Crippen MR) is 86.1 cm³/mol. The maximum atomic E-state index is 5.47. The molecule has 2 rings (SSSR count). The van der Waals surface area contributed by atoms with E-state index in [9.17, 15) is 0 Å². The average Bonchev–Trinajstić information content (AvgIpc) is 3.04. The van der Waals surface area contributed by atoms with Crippen LogP contribution in [0.2, 0.25) is 0 Å². The van der Waals surface area contributed by atoms with Gasteiger partial charge in [0.15, 0.2) is 11.6 Å². The third kappa shape index (κ3) is 4.20. The molecule has 1 unspecified atom stereocenters. The maximum Gasteiger partial charge on any atom is 0.204 e. The number of hydrogen-bond donors (Lipinski definition) is 2. The van der Waals surface area contributed by atoms with Crippen molar-refractivity contribution in [1.29, 1.82) is 0 Å². The molecule has 1 aliphatic rings. The van der Waals surface area contributed by atoms with Crippen molar-refractivity contribution in [2.45, 2.75) is 39.2 Å². The number of nitrogens with zero attached hydrogens (tertiary/aromatic N) is 3. The Morgan fingerprint density at radius 1 is 1.24 bits per heavy atom. The fourth-order valence-corrected chi connectivity index (χ4v) is 2.62. The zero-order valence-corrected chi connectivity index (χ0v) is 13.4. The summed E-state index contributed by atoms with van der Waals surface area (Å²) in [6, 6.07) is 0.499. The molecule has 6 nitrogen and oxygen atoms in total. The molecule has 0 saturated carbocycles. The van der Waals surface area contributed by atoms with E-state index in [1.807, 2.05) is 0 Å². The second-order valence-corrected chi connectivity index (χ2v) is 5.50. The van der Waals surface area contributed by atoms with Gasteiger partial charge in [-0.1, -0.05) is 6.92 Å². The third-order valence-electron chi connectivity index (χ3n) is 3.88. The molecule has 1 aliphatic heterocycles. The van der Waals surface area contributed by atoms with Gasteiger partial charge < -0.3 is 15.4 Å². The minimum atomic E-state index is 0.499. The summed E-state index contributed by atoms with van der Waals surface area (Å²) in [5, 5.41) is 6.67. The van der Waals surface area contributed by atoms with E-state index in [0.717, 1.165) is 31.1 Å². The number of likely N-dealkylation sites (tertiary alicyclic amines) is 1. The SMILES string of the molecule is CCCNc1ncnc(NCC(C)N2CCCC2)c1OC. The van der Waals surface area contributed by atoms with Crippen molar-refractivity contribution in [2.75, 3.05) is 43.9 Å². The fraction of sp³-hybridized carbons (Fsp3) is 0.733. The van der Waals surface area contributed by atoms with E-state index in [-0.39, 0.29) is 0 Å². The van der Waals surface area contributed by atoms with Crippen molar-refractivity contribution >= 4 is 11.6 Å². The van der Waals surface area contributed by atoms with Crippen LogP contribution in [0, 0.1) is 0 Å². The van der Waals surface area contributed by atoms with Gasteiger partial charge in [0, 0.05) is 19.1 Å². The van der Waals surface area contributed by atoms with Crippen LogP contribution in [0.3, 0.4) is 0 Å². The smallest absolute Gasteiger partial charge is 0.204 e. The van der Waals surface area contributed by atoms with Crippen molar-refractivity contribution in [1.82, 2.24) is 14.9 Å². The zero-order valence-electron chi connectivity index (χ0n) is 13.4. The van der Waals surface area contributed by atoms with Crippen molar-refractivity contribution < 1.29 is 4.74 Å². The summed E-state index contributed by atoms with van der Waals surface area (Å²) in [5.74, 6) is 2.21. The van der Waals surface area contributed by atoms with Gasteiger partial charge in [0.2, 0.25) is 5.75 Å². The molecule has 1 aromatic heterocycles. The van der Waals surface area contributed by atoms with Gasteiger partial charge in [0.05, 0.1) is 7.11 Å². The van der Waals surface area contributed by atoms with E-state index >= 15 is 0 Å². The Hall–Kier alpha value is -1.56. The van der Waals surface area contributed by atoms with Crippen LogP contribution >= 0.6 is 0 Å². The molecular formula is C15H27N5O. The van der Waals surface area contributed by atoms with Crippen LogP contribution < -0.4 is 15.4 Å². The monoisotopic (exact) mass is 293 g/mol. The van der Waals surface area contributed by atoms with Gasteiger partial charge in [0.25, 0.3) is 0 Å². The summed E-state index contributed by atoms with van der Waals surface area (Å²) in [4.78, 5) is 11.1. The number of anilines is 2. The molecule has 118 valence electrons. The largest absolute Gasteiger partial charge is 0.490 e. The minimum absolute atomic E-state index is 0.499. The summed E-state index contributed by atoms with van der Waals surface area (Å²) in [7, 11) is 1.66. The topological polar surface area (TPSA) is 62.3 Å². The summed E-state index contributed by atoms with van der Waals surface area (Å²) in [5.41, 5.74) is 0. The summed E-state index contributed by atoms with van der Waals surface area (Å²) in [6.07, 6.45) is 5.24. The Morgan fingerprint density at radius 2 is 1.90 bits per heavy atom. The van der Waals surface area contributed by atoms with Gasteiger partial charge in [-0.15, -0.1) is 0 Å². The van der Waals surface area contributed by atoms with E-state index in [1.165, 1.54) is 25.9 Å². The first kappa shape index (κ1) is 15.8. The van der Waals surface area contributed by atoms with Gasteiger partial charge >= 0.3 is 0 Å². The number of methoxy groups -OCH3 is 1. The summed E-state index contributed by atoms with van der Waals surface area (Å²) < 4.78 is 5.47. The molecule has 1 atom stereocenters. The number of aromatic nitrogens is 2. The van der Waals surface area contributed by atoms with E-state index in [1.54, 1.807) is 13.4 Å². The molecule has 2 heterocycles. The van der Waals surface area contributed by atoms with Crippen molar-refractivity contribution in [3.05, 3.63) is 6.33 Å². The van der Waals surface area contributed by atoms with E-state index in [2.05, 4.69) is 39.3 Å². The minimum Gasteiger partial charge on any atom is -0.490 e. The lowest BCUT2D eigenvalue weighted by Crippen LogP contribution is -2.35. The predicted octanol–water partition coefficient (Wildman–Crippen LogP) is 2.20. The van der Waals surface area contributed by atoms with Gasteiger partial charge in [-0.2, -0.15) is 0 Å².